The molecule has 1 fully saturated rings. The van der Waals surface area contributed by atoms with E-state index in [1.165, 1.54) is 12.3 Å². The lowest BCUT2D eigenvalue weighted by molar-refractivity contribution is 0.0529. The van der Waals surface area contributed by atoms with Crippen molar-refractivity contribution >= 4 is 5.91 Å². The lowest BCUT2D eigenvalue weighted by Gasteiger charge is -2.29. The van der Waals surface area contributed by atoms with E-state index in [0.717, 1.165) is 0 Å². The molecule has 2 rings (SSSR count). The molecular formula is C13H16F2N2O3. The molecule has 1 aromatic rings. The Morgan fingerprint density at radius 3 is 2.85 bits per heavy atom. The highest BCUT2D eigenvalue weighted by Crippen LogP contribution is 2.20. The second-order valence-electron chi connectivity index (χ2n) is 4.58. The number of hydrogen-bond acceptors (Lipinski definition) is 4. The molecule has 0 unspecified atom stereocenters. The van der Waals surface area contributed by atoms with Crippen LogP contribution in [0.1, 0.15) is 23.2 Å². The number of rotatable bonds is 4. The van der Waals surface area contributed by atoms with Crippen molar-refractivity contribution < 1.29 is 23.4 Å². The maximum Gasteiger partial charge on any atom is 0.272 e. The van der Waals surface area contributed by atoms with Gasteiger partial charge in [-0.25, -0.2) is 13.8 Å². The van der Waals surface area contributed by atoms with E-state index < -0.39 is 13.0 Å². The summed E-state index contributed by atoms with van der Waals surface area (Å²) < 4.78 is 29.2. The Kier molecular flexibility index (Phi) is 4.84. The molecule has 20 heavy (non-hydrogen) atoms. The Morgan fingerprint density at radius 1 is 1.50 bits per heavy atom. The van der Waals surface area contributed by atoms with Crippen LogP contribution in [0.15, 0.2) is 18.3 Å². The maximum atomic E-state index is 12.3. The minimum absolute atomic E-state index is 0.0797. The Bertz CT molecular complexity index is 463. The van der Waals surface area contributed by atoms with Gasteiger partial charge in [-0.3, -0.25) is 4.79 Å². The first-order chi connectivity index (χ1) is 9.58. The van der Waals surface area contributed by atoms with Crippen molar-refractivity contribution in [3.63, 3.8) is 0 Å². The number of piperidine rings is 1. The van der Waals surface area contributed by atoms with E-state index in [2.05, 4.69) is 4.98 Å². The normalized spacial score (nSPS) is 16.5. The third kappa shape index (κ3) is 3.63. The minimum atomic E-state index is -2.62. The number of alkyl halides is 2. The Labute approximate surface area is 115 Å². The highest BCUT2D eigenvalue weighted by atomic mass is 19.3. The van der Waals surface area contributed by atoms with Crippen molar-refractivity contribution in [3.05, 3.63) is 23.9 Å². The van der Waals surface area contributed by atoms with Crippen LogP contribution < -0.4 is 4.74 Å². The number of halogens is 2. The minimum Gasteiger partial charge on any atom is -0.471 e. The van der Waals surface area contributed by atoms with Crippen LogP contribution in [-0.2, 0) is 0 Å². The van der Waals surface area contributed by atoms with Crippen molar-refractivity contribution in [2.45, 2.75) is 25.4 Å². The summed E-state index contributed by atoms with van der Waals surface area (Å²) in [5.74, 6) is -0.391. The zero-order valence-corrected chi connectivity index (χ0v) is 10.8. The molecule has 1 aliphatic heterocycles. The summed E-state index contributed by atoms with van der Waals surface area (Å²) in [6.07, 6.45) is -0.594. The second kappa shape index (κ2) is 6.60. The quantitative estimate of drug-likeness (QED) is 0.907. The molecular weight excluding hydrogens is 270 g/mol. The van der Waals surface area contributed by atoms with Gasteiger partial charge < -0.3 is 14.7 Å². The fraction of sp³-hybridized carbons (Fsp3) is 0.538. The number of aliphatic hydroxyl groups is 1. The average Bonchev–Trinajstić information content (AvgIpc) is 2.45. The standard InChI is InChI=1S/C13H16F2N2O3/c14-11(15)8-20-12-10(2-1-5-16-12)13(19)17-6-3-9(18)4-7-17/h1-2,5,9,11,18H,3-4,6-8H2. The van der Waals surface area contributed by atoms with Crippen molar-refractivity contribution in [3.8, 4) is 5.88 Å². The zero-order chi connectivity index (χ0) is 14.5. The first-order valence-corrected chi connectivity index (χ1v) is 6.41. The molecule has 110 valence electrons. The van der Waals surface area contributed by atoms with Crippen LogP contribution in [0.2, 0.25) is 0 Å². The number of carbonyl (C=O) groups is 1. The van der Waals surface area contributed by atoms with Crippen LogP contribution in [-0.4, -0.2) is 53.1 Å². The lowest BCUT2D eigenvalue weighted by atomic mass is 10.1. The summed E-state index contributed by atoms with van der Waals surface area (Å²) in [6.45, 7) is 0.0718. The van der Waals surface area contributed by atoms with Gasteiger partial charge in [-0.15, -0.1) is 0 Å². The molecule has 0 aromatic carbocycles. The second-order valence-corrected chi connectivity index (χ2v) is 4.58. The van der Waals surface area contributed by atoms with Gasteiger partial charge in [0.15, 0.2) is 6.61 Å². The number of amides is 1. The third-order valence-corrected chi connectivity index (χ3v) is 3.10. The maximum absolute atomic E-state index is 12.3. The van der Waals surface area contributed by atoms with E-state index in [1.807, 2.05) is 0 Å². The zero-order valence-electron chi connectivity index (χ0n) is 10.8. The van der Waals surface area contributed by atoms with Gasteiger partial charge in [0.25, 0.3) is 12.3 Å². The van der Waals surface area contributed by atoms with E-state index >= 15 is 0 Å². The lowest BCUT2D eigenvalue weighted by Crippen LogP contribution is -2.40. The van der Waals surface area contributed by atoms with E-state index in [1.54, 1.807) is 11.0 Å². The molecule has 0 aliphatic carbocycles. The van der Waals surface area contributed by atoms with E-state index in [-0.39, 0.29) is 23.5 Å². The molecule has 0 atom stereocenters. The molecule has 7 heteroatoms. The van der Waals surface area contributed by atoms with Gasteiger partial charge in [-0.1, -0.05) is 0 Å². The summed E-state index contributed by atoms with van der Waals surface area (Å²) in [7, 11) is 0. The first-order valence-electron chi connectivity index (χ1n) is 6.41. The first kappa shape index (κ1) is 14.6. The van der Waals surface area contributed by atoms with E-state index in [4.69, 9.17) is 4.74 Å². The van der Waals surface area contributed by atoms with E-state index in [9.17, 15) is 18.7 Å². The summed E-state index contributed by atoms with van der Waals surface area (Å²) in [4.78, 5) is 17.7. The molecule has 1 N–H and O–H groups in total. The SMILES string of the molecule is O=C(c1cccnc1OCC(F)F)N1CCC(O)CC1. The van der Waals surface area contributed by atoms with Crippen LogP contribution in [0, 0.1) is 0 Å². The van der Waals surface area contributed by atoms with Gasteiger partial charge in [0.1, 0.15) is 5.56 Å². The van der Waals surface area contributed by atoms with Crippen molar-refractivity contribution in [2.75, 3.05) is 19.7 Å². The van der Waals surface area contributed by atoms with Crippen LogP contribution in [0.5, 0.6) is 5.88 Å². The highest BCUT2D eigenvalue weighted by Gasteiger charge is 2.25. The molecule has 0 spiro atoms. The van der Waals surface area contributed by atoms with E-state index in [0.29, 0.717) is 25.9 Å². The summed E-state index contributed by atoms with van der Waals surface area (Å²) in [5.41, 5.74) is 0.171. The molecule has 0 radical (unpaired) electrons. The molecule has 5 nitrogen and oxygen atoms in total. The molecule has 1 aromatic heterocycles. The van der Waals surface area contributed by atoms with Crippen LogP contribution in [0.4, 0.5) is 8.78 Å². The highest BCUT2D eigenvalue weighted by molar-refractivity contribution is 5.96. The predicted octanol–water partition coefficient (Wildman–Crippen LogP) is 1.32. The number of hydrogen-bond donors (Lipinski definition) is 1. The summed E-state index contributed by atoms with van der Waals surface area (Å²) in [6, 6.07) is 3.06. The number of nitrogens with zero attached hydrogens (tertiary/aromatic N) is 2. The molecule has 1 saturated heterocycles. The predicted molar refractivity (Wildman–Crippen MR) is 66.9 cm³/mol. The van der Waals surface area contributed by atoms with Gasteiger partial charge in [-0.05, 0) is 25.0 Å². The average molecular weight is 286 g/mol. The summed E-state index contributed by atoms with van der Waals surface area (Å²) >= 11 is 0. The number of ether oxygens (including phenoxy) is 1. The monoisotopic (exact) mass is 286 g/mol. The van der Waals surface area contributed by atoms with Crippen molar-refractivity contribution in [2.24, 2.45) is 0 Å². The van der Waals surface area contributed by atoms with Gasteiger partial charge in [0, 0.05) is 19.3 Å². The smallest absolute Gasteiger partial charge is 0.272 e. The van der Waals surface area contributed by atoms with Crippen LogP contribution in [0.3, 0.4) is 0 Å². The summed E-state index contributed by atoms with van der Waals surface area (Å²) in [5, 5.41) is 9.42. The fourth-order valence-corrected chi connectivity index (χ4v) is 2.05. The largest absolute Gasteiger partial charge is 0.471 e. The molecule has 2 heterocycles. The number of aliphatic hydroxyl groups excluding tert-OH is 1. The Morgan fingerprint density at radius 2 is 2.20 bits per heavy atom. The van der Waals surface area contributed by atoms with Crippen molar-refractivity contribution in [1.82, 2.24) is 9.88 Å². The molecule has 1 amide bonds. The van der Waals surface area contributed by atoms with Gasteiger partial charge >= 0.3 is 0 Å². The van der Waals surface area contributed by atoms with Gasteiger partial charge in [0.2, 0.25) is 5.88 Å². The molecule has 0 saturated carbocycles. The number of aromatic nitrogens is 1. The van der Waals surface area contributed by atoms with Gasteiger partial charge in [0.05, 0.1) is 6.10 Å². The third-order valence-electron chi connectivity index (χ3n) is 3.10. The van der Waals surface area contributed by atoms with Crippen LogP contribution in [0.25, 0.3) is 0 Å². The van der Waals surface area contributed by atoms with Gasteiger partial charge in [-0.2, -0.15) is 0 Å². The van der Waals surface area contributed by atoms with Crippen molar-refractivity contribution in [1.29, 1.82) is 0 Å². The Balaban J connectivity index is 2.09. The molecule has 1 aliphatic rings. The van der Waals surface area contributed by atoms with Crippen LogP contribution >= 0.6 is 0 Å². The number of carbonyl (C=O) groups excluding carboxylic acids is 1. The number of pyridine rings is 1. The topological polar surface area (TPSA) is 62.7 Å². The molecule has 0 bridgehead atoms. The Hall–Kier alpha value is -1.76. The number of likely N-dealkylation sites (tertiary alicyclic amines) is 1. The fourth-order valence-electron chi connectivity index (χ4n) is 2.05.